The predicted molar refractivity (Wildman–Crippen MR) is 96.1 cm³/mol. The normalized spacial score (nSPS) is 14.0. The molecule has 0 unspecified atom stereocenters. The first-order chi connectivity index (χ1) is 11.7. The number of aromatic nitrogens is 4. The van der Waals surface area contributed by atoms with E-state index in [0.717, 1.165) is 21.5 Å². The Bertz CT molecular complexity index is 857. The van der Waals surface area contributed by atoms with E-state index in [1.165, 1.54) is 32.4 Å². The van der Waals surface area contributed by atoms with E-state index in [-0.39, 0.29) is 0 Å². The van der Waals surface area contributed by atoms with Crippen molar-refractivity contribution in [3.63, 3.8) is 0 Å². The molecule has 124 valence electrons. The van der Waals surface area contributed by atoms with Gasteiger partial charge in [0.15, 0.2) is 0 Å². The lowest BCUT2D eigenvalue weighted by Crippen LogP contribution is -2.21. The van der Waals surface area contributed by atoms with E-state index in [0.29, 0.717) is 5.56 Å². The molecule has 4 rings (SSSR count). The number of rotatable bonds is 1. The fraction of sp³-hybridized carbons (Fsp3) is 0.353. The third-order valence-electron chi connectivity index (χ3n) is 3.96. The molecule has 0 spiro atoms. The maximum absolute atomic E-state index is 8.99. The molecular weight excluding hydrogens is 320 g/mol. The van der Waals surface area contributed by atoms with Crippen molar-refractivity contribution in [2.45, 2.75) is 24.2 Å². The molecule has 1 aliphatic rings. The molecule has 1 fully saturated rings. The van der Waals surface area contributed by atoms with Gasteiger partial charge in [0.25, 0.3) is 0 Å². The Morgan fingerprint density at radius 2 is 1.92 bits per heavy atom. The molecule has 1 N–H and O–H groups in total. The molecule has 4 heterocycles. The highest BCUT2D eigenvalue weighted by molar-refractivity contribution is 7.80. The van der Waals surface area contributed by atoms with Crippen molar-refractivity contribution in [3.05, 3.63) is 36.4 Å². The molecule has 0 radical (unpaired) electrons. The summed E-state index contributed by atoms with van der Waals surface area (Å²) in [5, 5.41) is 20.6. The van der Waals surface area contributed by atoms with Gasteiger partial charge in [-0.25, -0.2) is 4.52 Å². The van der Waals surface area contributed by atoms with Crippen LogP contribution in [-0.2, 0) is 7.05 Å². The molecule has 0 aliphatic carbocycles. The Morgan fingerprint density at radius 3 is 2.46 bits per heavy atom. The lowest BCUT2D eigenvalue weighted by molar-refractivity contribution is 0.520. The summed E-state index contributed by atoms with van der Waals surface area (Å²) in [7, 11) is 1.87. The largest absolute Gasteiger partial charge is 0.317 e. The van der Waals surface area contributed by atoms with E-state index in [1.54, 1.807) is 21.6 Å². The number of hydrogen-bond acceptors (Lipinski definition) is 5. The summed E-state index contributed by atoms with van der Waals surface area (Å²) in [6, 6.07) is 4.02. The van der Waals surface area contributed by atoms with Gasteiger partial charge in [0.05, 0.1) is 23.5 Å². The molecule has 0 aromatic carbocycles. The molecular formula is C17H20N6S. The third kappa shape index (κ3) is 3.61. The van der Waals surface area contributed by atoms with Gasteiger partial charge in [-0.2, -0.15) is 15.5 Å². The fourth-order valence-electron chi connectivity index (χ4n) is 2.71. The second-order valence-electron chi connectivity index (χ2n) is 5.79. The van der Waals surface area contributed by atoms with E-state index in [1.807, 2.05) is 25.5 Å². The van der Waals surface area contributed by atoms with Crippen LogP contribution in [0.15, 0.2) is 35.7 Å². The van der Waals surface area contributed by atoms with Gasteiger partial charge in [-0.3, -0.25) is 4.68 Å². The molecule has 3 aromatic rings. The Kier molecular flexibility index (Phi) is 5.18. The second-order valence-corrected chi connectivity index (χ2v) is 6.27. The van der Waals surface area contributed by atoms with Crippen molar-refractivity contribution in [2.75, 3.05) is 13.1 Å². The standard InChI is InChI=1S/C12H9N5S.C5H11N/c1-16-6-10(5-14-16)8-2-11(18)12-9(3-13)4-15-17(12)7-8;1-2-4-6-5-3-1/h2,4-7,18H,1H3;6H,1-5H2. The quantitative estimate of drug-likeness (QED) is 0.668. The summed E-state index contributed by atoms with van der Waals surface area (Å²) in [4.78, 5) is 0.727. The number of thiol groups is 1. The predicted octanol–water partition coefficient (Wildman–Crippen LogP) is 2.66. The number of nitrogens with zero attached hydrogens (tertiary/aromatic N) is 5. The molecule has 0 saturated carbocycles. The zero-order valence-corrected chi connectivity index (χ0v) is 14.5. The van der Waals surface area contributed by atoms with Gasteiger partial charge in [0, 0.05) is 35.5 Å². The van der Waals surface area contributed by atoms with Crippen LogP contribution in [0.2, 0.25) is 0 Å². The Morgan fingerprint density at radius 1 is 1.12 bits per heavy atom. The van der Waals surface area contributed by atoms with Crippen molar-refractivity contribution in [1.29, 1.82) is 5.26 Å². The first-order valence-corrected chi connectivity index (χ1v) is 8.44. The second kappa shape index (κ2) is 7.51. The molecule has 7 heteroatoms. The summed E-state index contributed by atoms with van der Waals surface area (Å²) >= 11 is 4.43. The summed E-state index contributed by atoms with van der Waals surface area (Å²) in [6.45, 7) is 2.50. The SMILES string of the molecule is C1CCNCC1.Cn1cc(-c2cc(S)c3c(C#N)cnn3c2)cn1. The van der Waals surface area contributed by atoms with Crippen molar-refractivity contribution >= 4 is 18.1 Å². The topological polar surface area (TPSA) is 70.9 Å². The molecule has 1 aliphatic heterocycles. The molecule has 1 saturated heterocycles. The van der Waals surface area contributed by atoms with Crippen LogP contribution < -0.4 is 5.32 Å². The summed E-state index contributed by atoms with van der Waals surface area (Å²) in [5.41, 5.74) is 3.21. The minimum absolute atomic E-state index is 0.526. The van der Waals surface area contributed by atoms with E-state index in [4.69, 9.17) is 5.26 Å². The van der Waals surface area contributed by atoms with E-state index >= 15 is 0 Å². The van der Waals surface area contributed by atoms with Crippen LogP contribution >= 0.6 is 12.6 Å². The van der Waals surface area contributed by atoms with Gasteiger partial charge in [-0.05, 0) is 32.0 Å². The number of fused-ring (bicyclic) bond motifs is 1. The highest BCUT2D eigenvalue weighted by Gasteiger charge is 2.10. The first-order valence-electron chi connectivity index (χ1n) is 7.99. The maximum Gasteiger partial charge on any atom is 0.103 e. The highest BCUT2D eigenvalue weighted by Crippen LogP contribution is 2.26. The smallest absolute Gasteiger partial charge is 0.103 e. The molecule has 0 atom stereocenters. The fourth-order valence-corrected chi connectivity index (χ4v) is 3.07. The van der Waals surface area contributed by atoms with Crippen LogP contribution in [0.25, 0.3) is 16.6 Å². The summed E-state index contributed by atoms with van der Waals surface area (Å²) in [5.74, 6) is 0. The van der Waals surface area contributed by atoms with Crippen molar-refractivity contribution in [1.82, 2.24) is 24.7 Å². The van der Waals surface area contributed by atoms with Crippen LogP contribution in [-0.4, -0.2) is 32.5 Å². The average molecular weight is 340 g/mol. The molecule has 24 heavy (non-hydrogen) atoms. The van der Waals surface area contributed by atoms with Gasteiger partial charge in [-0.1, -0.05) is 6.42 Å². The summed E-state index contributed by atoms with van der Waals surface area (Å²) in [6.07, 6.45) is 11.3. The Hall–Kier alpha value is -2.30. The molecule has 0 bridgehead atoms. The Balaban J connectivity index is 0.000000238. The number of pyridine rings is 1. The number of hydrogen-bond donors (Lipinski definition) is 2. The van der Waals surface area contributed by atoms with Crippen LogP contribution in [0.3, 0.4) is 0 Å². The van der Waals surface area contributed by atoms with Crippen molar-refractivity contribution < 1.29 is 0 Å². The van der Waals surface area contributed by atoms with Crippen molar-refractivity contribution in [3.8, 4) is 17.2 Å². The molecule has 6 nitrogen and oxygen atoms in total. The number of piperidine rings is 1. The average Bonchev–Trinajstić information content (AvgIpc) is 3.23. The zero-order valence-electron chi connectivity index (χ0n) is 13.6. The zero-order chi connectivity index (χ0) is 16.9. The van der Waals surface area contributed by atoms with E-state index in [2.05, 4.69) is 34.2 Å². The van der Waals surface area contributed by atoms with Gasteiger partial charge >= 0.3 is 0 Å². The minimum atomic E-state index is 0.526. The van der Waals surface area contributed by atoms with Crippen LogP contribution in [0.4, 0.5) is 0 Å². The first kappa shape index (κ1) is 16.6. The van der Waals surface area contributed by atoms with Crippen molar-refractivity contribution in [2.24, 2.45) is 7.05 Å². The molecule has 3 aromatic heterocycles. The van der Waals surface area contributed by atoms with Gasteiger partial charge in [0.2, 0.25) is 0 Å². The molecule has 0 amide bonds. The van der Waals surface area contributed by atoms with Crippen LogP contribution in [0, 0.1) is 11.3 Å². The summed E-state index contributed by atoms with van der Waals surface area (Å²) < 4.78 is 3.41. The minimum Gasteiger partial charge on any atom is -0.317 e. The van der Waals surface area contributed by atoms with Crippen LogP contribution in [0.5, 0.6) is 0 Å². The number of nitriles is 1. The number of aryl methyl sites for hydroxylation is 1. The maximum atomic E-state index is 8.99. The van der Waals surface area contributed by atoms with Gasteiger partial charge in [0.1, 0.15) is 6.07 Å². The lowest BCUT2D eigenvalue weighted by atomic mass is 10.1. The van der Waals surface area contributed by atoms with Crippen LogP contribution in [0.1, 0.15) is 24.8 Å². The lowest BCUT2D eigenvalue weighted by Gasteiger charge is -2.08. The monoisotopic (exact) mass is 340 g/mol. The number of nitrogens with one attached hydrogen (secondary N) is 1. The Labute approximate surface area is 146 Å². The highest BCUT2D eigenvalue weighted by atomic mass is 32.1. The van der Waals surface area contributed by atoms with Gasteiger partial charge < -0.3 is 5.32 Å². The van der Waals surface area contributed by atoms with E-state index in [9.17, 15) is 0 Å². The third-order valence-corrected chi connectivity index (χ3v) is 4.30. The van der Waals surface area contributed by atoms with Gasteiger partial charge in [-0.15, -0.1) is 12.6 Å². The van der Waals surface area contributed by atoms with E-state index < -0.39 is 0 Å².